The third kappa shape index (κ3) is 3.32. The van der Waals surface area contributed by atoms with Crippen molar-refractivity contribution in [1.82, 2.24) is 14.8 Å². The van der Waals surface area contributed by atoms with Crippen molar-refractivity contribution in [3.63, 3.8) is 0 Å². The number of nitrogens with zero attached hydrogens (tertiary/aromatic N) is 5. The van der Waals surface area contributed by atoms with Gasteiger partial charge in [0, 0.05) is 24.3 Å². The Hall–Kier alpha value is -2.19. The van der Waals surface area contributed by atoms with Crippen LogP contribution in [0.4, 0.5) is 18.9 Å². The molecule has 9 heteroatoms. The van der Waals surface area contributed by atoms with Crippen molar-refractivity contribution in [3.05, 3.63) is 22.9 Å². The summed E-state index contributed by atoms with van der Waals surface area (Å²) >= 11 is 0. The second-order valence-electron chi connectivity index (χ2n) is 6.25. The largest absolute Gasteiger partial charge is 0.485 e. The van der Waals surface area contributed by atoms with Crippen molar-refractivity contribution in [1.29, 1.82) is 0 Å². The highest BCUT2D eigenvalue weighted by atomic mass is 19.4. The lowest BCUT2D eigenvalue weighted by atomic mass is 9.93. The summed E-state index contributed by atoms with van der Waals surface area (Å²) in [6.07, 6.45) is 1.58. The van der Waals surface area contributed by atoms with E-state index in [1.54, 1.807) is 4.68 Å². The lowest BCUT2D eigenvalue weighted by molar-refractivity contribution is -0.136. The first kappa shape index (κ1) is 17.6. The van der Waals surface area contributed by atoms with Crippen LogP contribution in [0.2, 0.25) is 0 Å². The van der Waals surface area contributed by atoms with Gasteiger partial charge in [0.25, 0.3) is 0 Å². The van der Waals surface area contributed by atoms with E-state index < -0.39 is 12.3 Å². The molecule has 0 radical (unpaired) electrons. The van der Waals surface area contributed by atoms with Gasteiger partial charge in [-0.3, -0.25) is 4.90 Å². The maximum Gasteiger partial charge on any atom is 0.485 e. The van der Waals surface area contributed by atoms with Crippen LogP contribution in [0.5, 0.6) is 0 Å². The van der Waals surface area contributed by atoms with Gasteiger partial charge in [-0.25, -0.2) is 9.67 Å². The molecule has 0 atom stereocenters. The molecule has 1 aliphatic carbocycles. The molecule has 0 bridgehead atoms. The van der Waals surface area contributed by atoms with Gasteiger partial charge in [-0.2, -0.15) is 23.2 Å². The Kier molecular flexibility index (Phi) is 4.91. The quantitative estimate of drug-likeness (QED) is 0.590. The molecule has 25 heavy (non-hydrogen) atoms. The van der Waals surface area contributed by atoms with Crippen LogP contribution in [0.3, 0.4) is 0 Å². The highest BCUT2D eigenvalue weighted by Crippen LogP contribution is 2.41. The smallest absolute Gasteiger partial charge is 0.280 e. The SMILES string of the molecule is CCn1ncc2c(N(C3CCCCC3)C(F)(F)F)c(CN=O)cnc21. The number of halogens is 3. The first-order chi connectivity index (χ1) is 12.0. The van der Waals surface area contributed by atoms with Gasteiger partial charge in [0.1, 0.15) is 6.54 Å². The standard InChI is InChI=1S/C16H20F3N5O/c1-2-23-15-13(10-21-23)14(11(8-20-15)9-22-25)24(16(17,18)19)12-6-4-3-5-7-12/h8,10,12H,2-7,9H2,1H3. The van der Waals surface area contributed by atoms with E-state index in [0.29, 0.717) is 35.3 Å². The molecule has 0 unspecified atom stereocenters. The second-order valence-corrected chi connectivity index (χ2v) is 6.25. The summed E-state index contributed by atoms with van der Waals surface area (Å²) in [5, 5.41) is 7.25. The molecule has 6 nitrogen and oxygen atoms in total. The van der Waals surface area contributed by atoms with Crippen molar-refractivity contribution in [2.75, 3.05) is 4.90 Å². The number of alkyl halides is 3. The van der Waals surface area contributed by atoms with E-state index in [1.807, 2.05) is 6.92 Å². The summed E-state index contributed by atoms with van der Waals surface area (Å²) in [6, 6.07) is -0.644. The average Bonchev–Trinajstić information content (AvgIpc) is 3.00. The van der Waals surface area contributed by atoms with Crippen LogP contribution >= 0.6 is 0 Å². The molecular weight excluding hydrogens is 335 g/mol. The Bertz CT molecular complexity index is 752. The molecule has 136 valence electrons. The normalized spacial score (nSPS) is 16.3. The Morgan fingerprint density at radius 2 is 2.00 bits per heavy atom. The van der Waals surface area contributed by atoms with Gasteiger partial charge in [-0.05, 0) is 19.8 Å². The minimum atomic E-state index is -4.55. The van der Waals surface area contributed by atoms with Crippen molar-refractivity contribution in [3.8, 4) is 0 Å². The van der Waals surface area contributed by atoms with E-state index in [1.165, 1.54) is 12.4 Å². The number of hydrogen-bond donors (Lipinski definition) is 0. The number of hydrogen-bond acceptors (Lipinski definition) is 5. The van der Waals surface area contributed by atoms with E-state index >= 15 is 0 Å². The minimum absolute atomic E-state index is 0.0244. The van der Waals surface area contributed by atoms with Gasteiger partial charge in [0.2, 0.25) is 0 Å². The number of anilines is 1. The maximum atomic E-state index is 14.0. The van der Waals surface area contributed by atoms with Crippen molar-refractivity contribution in [2.24, 2.45) is 5.18 Å². The average molecular weight is 355 g/mol. The fourth-order valence-corrected chi connectivity index (χ4v) is 3.61. The fourth-order valence-electron chi connectivity index (χ4n) is 3.61. The molecule has 0 amide bonds. The Balaban J connectivity index is 2.21. The summed E-state index contributed by atoms with van der Waals surface area (Å²) in [7, 11) is 0. The van der Waals surface area contributed by atoms with Crippen molar-refractivity contribution >= 4 is 16.7 Å². The van der Waals surface area contributed by atoms with E-state index in [-0.39, 0.29) is 17.8 Å². The third-order valence-corrected chi connectivity index (χ3v) is 4.70. The monoisotopic (exact) mass is 355 g/mol. The molecule has 2 heterocycles. The Morgan fingerprint density at radius 1 is 1.28 bits per heavy atom. The highest BCUT2D eigenvalue weighted by molar-refractivity contribution is 5.91. The second kappa shape index (κ2) is 6.97. The number of rotatable bonds is 5. The van der Waals surface area contributed by atoms with Gasteiger partial charge in [-0.1, -0.05) is 24.4 Å². The number of aromatic nitrogens is 3. The molecule has 0 spiro atoms. The van der Waals surface area contributed by atoms with Crippen LogP contribution in [0, 0.1) is 4.91 Å². The predicted molar refractivity (Wildman–Crippen MR) is 88.1 cm³/mol. The van der Waals surface area contributed by atoms with Crippen LogP contribution in [-0.4, -0.2) is 27.1 Å². The molecule has 0 aliphatic heterocycles. The zero-order chi connectivity index (χ0) is 18.0. The first-order valence-electron chi connectivity index (χ1n) is 8.46. The van der Waals surface area contributed by atoms with Crippen molar-refractivity contribution < 1.29 is 13.2 Å². The highest BCUT2D eigenvalue weighted by Gasteiger charge is 2.44. The molecule has 0 saturated heterocycles. The Morgan fingerprint density at radius 3 is 2.60 bits per heavy atom. The predicted octanol–water partition coefficient (Wildman–Crippen LogP) is 4.38. The zero-order valence-corrected chi connectivity index (χ0v) is 14.0. The number of fused-ring (bicyclic) bond motifs is 1. The molecule has 1 saturated carbocycles. The summed E-state index contributed by atoms with van der Waals surface area (Å²) < 4.78 is 43.5. The van der Waals surface area contributed by atoms with Gasteiger partial charge in [0.15, 0.2) is 5.65 Å². The molecule has 0 N–H and O–H groups in total. The third-order valence-electron chi connectivity index (χ3n) is 4.70. The van der Waals surface area contributed by atoms with Crippen LogP contribution < -0.4 is 4.90 Å². The van der Waals surface area contributed by atoms with Crippen molar-refractivity contribution in [2.45, 2.75) is 64.5 Å². The molecular formula is C16H20F3N5O. The van der Waals surface area contributed by atoms with E-state index in [0.717, 1.165) is 19.3 Å². The maximum absolute atomic E-state index is 14.0. The first-order valence-corrected chi connectivity index (χ1v) is 8.46. The number of aryl methyl sites for hydroxylation is 1. The molecule has 0 aromatic carbocycles. The molecule has 1 fully saturated rings. The summed E-state index contributed by atoms with van der Waals surface area (Å²) in [6.45, 7) is 1.99. The van der Waals surface area contributed by atoms with Gasteiger partial charge in [-0.15, -0.1) is 0 Å². The van der Waals surface area contributed by atoms with Crippen LogP contribution in [0.15, 0.2) is 17.6 Å². The van der Waals surface area contributed by atoms with Gasteiger partial charge < -0.3 is 0 Å². The van der Waals surface area contributed by atoms with E-state index in [2.05, 4.69) is 15.3 Å². The molecule has 2 aromatic heterocycles. The number of pyridine rings is 1. The van der Waals surface area contributed by atoms with Crippen LogP contribution in [0.25, 0.3) is 11.0 Å². The number of nitroso groups, excluding NO2 is 1. The molecule has 3 rings (SSSR count). The van der Waals surface area contributed by atoms with Gasteiger partial charge in [0.05, 0.1) is 17.3 Å². The van der Waals surface area contributed by atoms with Crippen LogP contribution in [0.1, 0.15) is 44.6 Å². The van der Waals surface area contributed by atoms with E-state index in [4.69, 9.17) is 0 Å². The van der Waals surface area contributed by atoms with Crippen LogP contribution in [-0.2, 0) is 13.1 Å². The Labute approximate surface area is 143 Å². The fraction of sp³-hybridized carbons (Fsp3) is 0.625. The topological polar surface area (TPSA) is 63.4 Å². The van der Waals surface area contributed by atoms with E-state index in [9.17, 15) is 18.1 Å². The lowest BCUT2D eigenvalue weighted by Crippen LogP contribution is -2.47. The zero-order valence-electron chi connectivity index (χ0n) is 14.0. The summed E-state index contributed by atoms with van der Waals surface area (Å²) in [5.74, 6) is 0. The molecule has 2 aromatic rings. The lowest BCUT2D eigenvalue weighted by Gasteiger charge is -2.38. The summed E-state index contributed by atoms with van der Waals surface area (Å²) in [5.41, 5.74) is 0.543. The van der Waals surface area contributed by atoms with Gasteiger partial charge >= 0.3 is 6.30 Å². The minimum Gasteiger partial charge on any atom is -0.280 e. The summed E-state index contributed by atoms with van der Waals surface area (Å²) in [4.78, 5) is 15.5. The molecule has 1 aliphatic rings.